The molecule has 0 aromatic heterocycles. The molecule has 0 N–H and O–H groups in total. The Balaban J connectivity index is 1.54. The topological polar surface area (TPSA) is 42.0 Å². The standard InChI is InChI=1S/C34H34N2O3/c1-35(2)28-15-12-24-22-31(33(37)38-3)29-18-19-34(25-10-6-4-7-11-25,39-32(29)30(24)23-28)26-13-16-27(17-14-26)36-20-8-5-9-21-36/h4,6-7,10-19,22-23H,5,8-9,20-21H2,1-3H3. The van der Waals surface area contributed by atoms with E-state index in [1.165, 1.54) is 32.1 Å². The molecular weight excluding hydrogens is 484 g/mol. The lowest BCUT2D eigenvalue weighted by Crippen LogP contribution is -2.35. The average molecular weight is 519 g/mol. The number of fused-ring (bicyclic) bond motifs is 3. The van der Waals surface area contributed by atoms with E-state index in [-0.39, 0.29) is 5.97 Å². The van der Waals surface area contributed by atoms with Crippen LogP contribution in [0.2, 0.25) is 0 Å². The second-order valence-corrected chi connectivity index (χ2v) is 10.6. The first-order valence-corrected chi connectivity index (χ1v) is 13.7. The zero-order valence-electron chi connectivity index (χ0n) is 22.8. The highest BCUT2D eigenvalue weighted by Crippen LogP contribution is 2.47. The van der Waals surface area contributed by atoms with E-state index in [0.29, 0.717) is 11.3 Å². The van der Waals surface area contributed by atoms with Crippen LogP contribution in [0.15, 0.2) is 84.9 Å². The monoisotopic (exact) mass is 518 g/mol. The summed E-state index contributed by atoms with van der Waals surface area (Å²) in [7, 11) is 5.46. The van der Waals surface area contributed by atoms with Crippen LogP contribution in [0.5, 0.6) is 5.75 Å². The molecular formula is C34H34N2O3. The Labute approximate surface area is 230 Å². The fraction of sp³-hybridized carbons (Fsp3) is 0.265. The summed E-state index contributed by atoms with van der Waals surface area (Å²) in [6.45, 7) is 2.20. The second kappa shape index (κ2) is 10.1. The van der Waals surface area contributed by atoms with E-state index in [1.807, 2.05) is 50.5 Å². The van der Waals surface area contributed by atoms with Crippen LogP contribution in [-0.4, -0.2) is 40.3 Å². The van der Waals surface area contributed by atoms with Gasteiger partial charge in [-0.3, -0.25) is 0 Å². The van der Waals surface area contributed by atoms with E-state index in [1.54, 1.807) is 0 Å². The Morgan fingerprint density at radius 1 is 0.897 bits per heavy atom. The van der Waals surface area contributed by atoms with Crippen molar-refractivity contribution in [2.24, 2.45) is 0 Å². The lowest BCUT2D eigenvalue weighted by Gasteiger charge is -2.37. The van der Waals surface area contributed by atoms with E-state index in [0.717, 1.165) is 46.2 Å². The van der Waals surface area contributed by atoms with Gasteiger partial charge in [-0.1, -0.05) is 48.5 Å². The van der Waals surface area contributed by atoms with Gasteiger partial charge in [0.05, 0.1) is 12.7 Å². The van der Waals surface area contributed by atoms with Crippen molar-refractivity contribution in [3.8, 4) is 5.75 Å². The van der Waals surface area contributed by atoms with Crippen LogP contribution >= 0.6 is 0 Å². The number of methoxy groups -OCH3 is 1. The Bertz CT molecular complexity index is 1540. The Morgan fingerprint density at radius 3 is 2.31 bits per heavy atom. The summed E-state index contributed by atoms with van der Waals surface area (Å²) in [5.74, 6) is 0.305. The van der Waals surface area contributed by atoms with Gasteiger partial charge < -0.3 is 19.3 Å². The first-order valence-electron chi connectivity index (χ1n) is 13.7. The van der Waals surface area contributed by atoms with E-state index in [9.17, 15) is 4.79 Å². The molecule has 39 heavy (non-hydrogen) atoms. The highest BCUT2D eigenvalue weighted by Gasteiger charge is 2.39. The fourth-order valence-corrected chi connectivity index (χ4v) is 5.83. The molecule has 0 bridgehead atoms. The van der Waals surface area contributed by atoms with Crippen LogP contribution in [0.1, 0.15) is 46.3 Å². The number of hydrogen-bond donors (Lipinski definition) is 0. The molecule has 4 aromatic rings. The molecule has 1 unspecified atom stereocenters. The van der Waals surface area contributed by atoms with Crippen LogP contribution in [0.3, 0.4) is 0 Å². The molecule has 0 aliphatic carbocycles. The first kappa shape index (κ1) is 25.1. The lowest BCUT2D eigenvalue weighted by atomic mass is 9.82. The van der Waals surface area contributed by atoms with Crippen molar-refractivity contribution in [1.82, 2.24) is 0 Å². The normalized spacial score (nSPS) is 18.4. The summed E-state index contributed by atoms with van der Waals surface area (Å²) in [5, 5.41) is 1.89. The molecule has 2 aliphatic rings. The lowest BCUT2D eigenvalue weighted by molar-refractivity contribution is 0.0599. The van der Waals surface area contributed by atoms with Crippen molar-refractivity contribution in [1.29, 1.82) is 0 Å². The number of esters is 1. The maximum Gasteiger partial charge on any atom is 0.338 e. The highest BCUT2D eigenvalue weighted by molar-refractivity contribution is 6.04. The van der Waals surface area contributed by atoms with Crippen molar-refractivity contribution in [2.45, 2.75) is 24.9 Å². The van der Waals surface area contributed by atoms with Crippen LogP contribution < -0.4 is 14.5 Å². The molecule has 1 fully saturated rings. The average Bonchev–Trinajstić information content (AvgIpc) is 3.00. The Kier molecular flexibility index (Phi) is 6.51. The molecule has 6 rings (SSSR count). The van der Waals surface area contributed by atoms with Gasteiger partial charge in [-0.2, -0.15) is 0 Å². The molecule has 5 nitrogen and oxygen atoms in total. The van der Waals surface area contributed by atoms with Crippen molar-refractivity contribution in [3.63, 3.8) is 0 Å². The van der Waals surface area contributed by atoms with Crippen molar-refractivity contribution in [3.05, 3.63) is 107 Å². The maximum absolute atomic E-state index is 12.9. The predicted molar refractivity (Wildman–Crippen MR) is 159 cm³/mol. The fourth-order valence-electron chi connectivity index (χ4n) is 5.83. The number of ether oxygens (including phenoxy) is 2. The Hall–Kier alpha value is -4.25. The van der Waals surface area contributed by atoms with Gasteiger partial charge >= 0.3 is 5.97 Å². The number of carbonyl (C=O) groups is 1. The smallest absolute Gasteiger partial charge is 0.338 e. The van der Waals surface area contributed by atoms with Gasteiger partial charge in [-0.05, 0) is 67.1 Å². The third-order valence-corrected chi connectivity index (χ3v) is 8.01. The van der Waals surface area contributed by atoms with E-state index in [4.69, 9.17) is 9.47 Å². The van der Waals surface area contributed by atoms with Crippen LogP contribution in [0.25, 0.3) is 16.8 Å². The quantitative estimate of drug-likeness (QED) is 0.265. The van der Waals surface area contributed by atoms with Gasteiger partial charge in [-0.15, -0.1) is 0 Å². The first-order chi connectivity index (χ1) is 19.0. The van der Waals surface area contributed by atoms with E-state index in [2.05, 4.69) is 64.4 Å². The van der Waals surface area contributed by atoms with Gasteiger partial charge in [0, 0.05) is 60.6 Å². The van der Waals surface area contributed by atoms with Crippen molar-refractivity contribution in [2.75, 3.05) is 44.1 Å². The molecule has 5 heteroatoms. The van der Waals surface area contributed by atoms with Gasteiger partial charge in [0.1, 0.15) is 5.75 Å². The molecule has 0 saturated carbocycles. The molecule has 198 valence electrons. The highest BCUT2D eigenvalue weighted by atomic mass is 16.5. The molecule has 2 heterocycles. The molecule has 0 amide bonds. The second-order valence-electron chi connectivity index (χ2n) is 10.6. The number of anilines is 2. The van der Waals surface area contributed by atoms with Crippen LogP contribution in [0, 0.1) is 0 Å². The summed E-state index contributed by atoms with van der Waals surface area (Å²) in [5.41, 5.74) is 4.75. The minimum Gasteiger partial charge on any atom is -0.472 e. The van der Waals surface area contributed by atoms with Gasteiger partial charge in [0.2, 0.25) is 0 Å². The molecule has 0 spiro atoms. The van der Waals surface area contributed by atoms with Crippen LogP contribution in [0.4, 0.5) is 11.4 Å². The van der Waals surface area contributed by atoms with Gasteiger partial charge in [-0.25, -0.2) is 4.79 Å². The number of nitrogens with zero attached hydrogens (tertiary/aromatic N) is 2. The molecule has 4 aromatic carbocycles. The summed E-state index contributed by atoms with van der Waals surface area (Å²) in [4.78, 5) is 17.4. The zero-order valence-corrected chi connectivity index (χ0v) is 22.8. The van der Waals surface area contributed by atoms with Crippen LogP contribution in [-0.2, 0) is 10.3 Å². The Morgan fingerprint density at radius 2 is 1.62 bits per heavy atom. The number of piperidine rings is 1. The van der Waals surface area contributed by atoms with E-state index < -0.39 is 5.60 Å². The summed E-state index contributed by atoms with van der Waals surface area (Å²) >= 11 is 0. The van der Waals surface area contributed by atoms with Gasteiger partial charge in [0.15, 0.2) is 5.60 Å². The number of hydrogen-bond acceptors (Lipinski definition) is 5. The molecule has 1 saturated heterocycles. The molecule has 0 radical (unpaired) electrons. The summed E-state index contributed by atoms with van der Waals surface area (Å²) in [6.07, 6.45) is 7.89. The number of rotatable bonds is 5. The van der Waals surface area contributed by atoms with Crippen molar-refractivity contribution < 1.29 is 14.3 Å². The number of carbonyl (C=O) groups excluding carboxylic acids is 1. The SMILES string of the molecule is COC(=O)c1cc2ccc(N(C)C)cc2c2c1C=CC(c1ccccc1)(c1ccc(N3CCCCC3)cc1)O2. The predicted octanol–water partition coefficient (Wildman–Crippen LogP) is 7.03. The summed E-state index contributed by atoms with van der Waals surface area (Å²) < 4.78 is 12.3. The van der Waals surface area contributed by atoms with E-state index >= 15 is 0 Å². The third kappa shape index (κ3) is 4.42. The minimum absolute atomic E-state index is 0.379. The molecule has 1 atom stereocenters. The van der Waals surface area contributed by atoms with Gasteiger partial charge in [0.25, 0.3) is 0 Å². The third-order valence-electron chi connectivity index (χ3n) is 8.01. The number of benzene rings is 4. The summed E-state index contributed by atoms with van der Waals surface area (Å²) in [6, 6.07) is 27.2. The maximum atomic E-state index is 12.9. The molecule has 2 aliphatic heterocycles. The zero-order chi connectivity index (χ0) is 27.0. The minimum atomic E-state index is -0.857. The van der Waals surface area contributed by atoms with Crippen molar-refractivity contribution >= 4 is 34.2 Å². The largest absolute Gasteiger partial charge is 0.472 e.